The van der Waals surface area contributed by atoms with Gasteiger partial charge in [0, 0.05) is 31.8 Å². The van der Waals surface area contributed by atoms with E-state index < -0.39 is 0 Å². The standard InChI is InChI=1S/C16H21N3O2/c1-21-14-6-3-2-5-13(14)8-9-16(20)19-10-4-7-15-17-11-12-18-15/h2-3,5-6,11-12H,4,7-10H2,1H3,(H,17,18)(H,19,20). The minimum absolute atomic E-state index is 0.0698. The monoisotopic (exact) mass is 287 g/mol. The average molecular weight is 287 g/mol. The van der Waals surface area contributed by atoms with Crippen molar-refractivity contribution in [1.82, 2.24) is 15.3 Å². The van der Waals surface area contributed by atoms with Crippen molar-refractivity contribution in [3.63, 3.8) is 0 Å². The Kier molecular flexibility index (Phi) is 5.82. The van der Waals surface area contributed by atoms with Crippen molar-refractivity contribution in [3.05, 3.63) is 48.0 Å². The van der Waals surface area contributed by atoms with E-state index in [0.29, 0.717) is 19.4 Å². The van der Waals surface area contributed by atoms with Crippen molar-refractivity contribution in [2.45, 2.75) is 25.7 Å². The number of aryl methyl sites for hydroxylation is 2. The summed E-state index contributed by atoms with van der Waals surface area (Å²) in [6.45, 7) is 0.672. The maximum absolute atomic E-state index is 11.8. The molecule has 0 saturated carbocycles. The molecule has 0 unspecified atom stereocenters. The number of H-pyrrole nitrogens is 1. The smallest absolute Gasteiger partial charge is 0.220 e. The van der Waals surface area contributed by atoms with Gasteiger partial charge in [0.25, 0.3) is 0 Å². The van der Waals surface area contributed by atoms with Gasteiger partial charge >= 0.3 is 0 Å². The van der Waals surface area contributed by atoms with Crippen LogP contribution >= 0.6 is 0 Å². The number of rotatable bonds is 8. The summed E-state index contributed by atoms with van der Waals surface area (Å²) in [6.07, 6.45) is 6.44. The van der Waals surface area contributed by atoms with Gasteiger partial charge in [0.2, 0.25) is 5.91 Å². The van der Waals surface area contributed by atoms with Crippen LogP contribution in [-0.4, -0.2) is 29.5 Å². The Morgan fingerprint density at radius 1 is 1.33 bits per heavy atom. The second kappa shape index (κ2) is 8.09. The van der Waals surface area contributed by atoms with Gasteiger partial charge in [-0.05, 0) is 24.5 Å². The maximum atomic E-state index is 11.8. The molecule has 1 amide bonds. The van der Waals surface area contributed by atoms with Crippen LogP contribution in [-0.2, 0) is 17.6 Å². The summed E-state index contributed by atoms with van der Waals surface area (Å²) in [7, 11) is 1.65. The molecule has 2 aromatic rings. The van der Waals surface area contributed by atoms with Crippen LogP contribution < -0.4 is 10.1 Å². The molecule has 0 bridgehead atoms. The molecule has 2 N–H and O–H groups in total. The predicted molar refractivity (Wildman–Crippen MR) is 81.2 cm³/mol. The van der Waals surface area contributed by atoms with Gasteiger partial charge in [0.1, 0.15) is 11.6 Å². The zero-order valence-corrected chi connectivity index (χ0v) is 12.3. The third-order valence-corrected chi connectivity index (χ3v) is 3.28. The minimum Gasteiger partial charge on any atom is -0.496 e. The first-order valence-corrected chi connectivity index (χ1v) is 7.16. The number of imidazole rings is 1. The molecule has 5 nitrogen and oxygen atoms in total. The van der Waals surface area contributed by atoms with Crippen LogP contribution in [0.5, 0.6) is 5.75 Å². The molecule has 0 saturated heterocycles. The Balaban J connectivity index is 1.65. The number of hydrogen-bond acceptors (Lipinski definition) is 3. The van der Waals surface area contributed by atoms with Gasteiger partial charge < -0.3 is 15.0 Å². The number of benzene rings is 1. The van der Waals surface area contributed by atoms with Gasteiger partial charge in [-0.15, -0.1) is 0 Å². The Morgan fingerprint density at radius 3 is 2.95 bits per heavy atom. The van der Waals surface area contributed by atoms with Crippen molar-refractivity contribution in [3.8, 4) is 5.75 Å². The van der Waals surface area contributed by atoms with E-state index in [-0.39, 0.29) is 5.91 Å². The molecule has 0 aliphatic carbocycles. The molecular formula is C16H21N3O2. The van der Waals surface area contributed by atoms with Gasteiger partial charge in [0.05, 0.1) is 7.11 Å². The molecule has 0 atom stereocenters. The third-order valence-electron chi connectivity index (χ3n) is 3.28. The van der Waals surface area contributed by atoms with Crippen molar-refractivity contribution in [2.75, 3.05) is 13.7 Å². The summed E-state index contributed by atoms with van der Waals surface area (Å²) in [4.78, 5) is 19.0. The molecule has 1 aromatic heterocycles. The van der Waals surface area contributed by atoms with Gasteiger partial charge in [-0.1, -0.05) is 18.2 Å². The molecule has 1 heterocycles. The highest BCUT2D eigenvalue weighted by molar-refractivity contribution is 5.76. The second-order valence-electron chi connectivity index (χ2n) is 4.80. The van der Waals surface area contributed by atoms with E-state index in [9.17, 15) is 4.79 Å². The van der Waals surface area contributed by atoms with E-state index >= 15 is 0 Å². The van der Waals surface area contributed by atoms with Crippen LogP contribution in [0.1, 0.15) is 24.2 Å². The Morgan fingerprint density at radius 2 is 2.19 bits per heavy atom. The van der Waals surface area contributed by atoms with E-state index in [2.05, 4.69) is 15.3 Å². The fourth-order valence-corrected chi connectivity index (χ4v) is 2.16. The van der Waals surface area contributed by atoms with Gasteiger partial charge in [-0.25, -0.2) is 4.98 Å². The summed E-state index contributed by atoms with van der Waals surface area (Å²) in [6, 6.07) is 7.79. The molecular weight excluding hydrogens is 266 g/mol. The molecule has 0 aliphatic heterocycles. The Hall–Kier alpha value is -2.30. The number of para-hydroxylation sites is 1. The molecule has 0 aliphatic rings. The number of ether oxygens (including phenoxy) is 1. The zero-order valence-electron chi connectivity index (χ0n) is 12.3. The highest BCUT2D eigenvalue weighted by Gasteiger charge is 2.06. The number of hydrogen-bond donors (Lipinski definition) is 2. The summed E-state index contributed by atoms with van der Waals surface area (Å²) >= 11 is 0. The maximum Gasteiger partial charge on any atom is 0.220 e. The Labute approximate surface area is 124 Å². The molecule has 21 heavy (non-hydrogen) atoms. The van der Waals surface area contributed by atoms with Gasteiger partial charge in [-0.2, -0.15) is 0 Å². The number of aromatic amines is 1. The zero-order chi connectivity index (χ0) is 14.9. The molecule has 112 valence electrons. The van der Waals surface area contributed by atoms with Crippen LogP contribution in [0.4, 0.5) is 0 Å². The van der Waals surface area contributed by atoms with E-state index in [1.165, 1.54) is 0 Å². The van der Waals surface area contributed by atoms with Gasteiger partial charge in [0.15, 0.2) is 0 Å². The first-order chi connectivity index (χ1) is 10.3. The normalized spacial score (nSPS) is 10.3. The average Bonchev–Trinajstić information content (AvgIpc) is 3.03. The number of methoxy groups -OCH3 is 1. The second-order valence-corrected chi connectivity index (χ2v) is 4.80. The van der Waals surface area contributed by atoms with E-state index in [0.717, 1.165) is 30.0 Å². The summed E-state index contributed by atoms with van der Waals surface area (Å²) in [5.74, 6) is 1.86. The first kappa shape index (κ1) is 15.1. The van der Waals surface area contributed by atoms with Crippen molar-refractivity contribution < 1.29 is 9.53 Å². The van der Waals surface area contributed by atoms with Crippen LogP contribution in [0.3, 0.4) is 0 Å². The number of amides is 1. The lowest BCUT2D eigenvalue weighted by atomic mass is 10.1. The van der Waals surface area contributed by atoms with Gasteiger partial charge in [-0.3, -0.25) is 4.79 Å². The largest absolute Gasteiger partial charge is 0.496 e. The number of carbonyl (C=O) groups excluding carboxylic acids is 1. The number of nitrogens with one attached hydrogen (secondary N) is 2. The highest BCUT2D eigenvalue weighted by Crippen LogP contribution is 2.18. The topological polar surface area (TPSA) is 67.0 Å². The van der Waals surface area contributed by atoms with Crippen LogP contribution in [0, 0.1) is 0 Å². The van der Waals surface area contributed by atoms with Crippen molar-refractivity contribution in [2.24, 2.45) is 0 Å². The van der Waals surface area contributed by atoms with Crippen LogP contribution in [0.15, 0.2) is 36.7 Å². The summed E-state index contributed by atoms with van der Waals surface area (Å²) in [5, 5.41) is 2.93. The lowest BCUT2D eigenvalue weighted by Gasteiger charge is -2.08. The van der Waals surface area contributed by atoms with Crippen molar-refractivity contribution in [1.29, 1.82) is 0 Å². The van der Waals surface area contributed by atoms with Crippen LogP contribution in [0.25, 0.3) is 0 Å². The molecule has 0 fully saturated rings. The fourth-order valence-electron chi connectivity index (χ4n) is 2.16. The summed E-state index contributed by atoms with van der Waals surface area (Å²) < 4.78 is 5.28. The van der Waals surface area contributed by atoms with E-state index in [1.54, 1.807) is 19.5 Å². The summed E-state index contributed by atoms with van der Waals surface area (Å²) in [5.41, 5.74) is 1.06. The quantitative estimate of drug-likeness (QED) is 0.731. The molecule has 0 spiro atoms. The van der Waals surface area contributed by atoms with E-state index in [4.69, 9.17) is 4.74 Å². The number of aromatic nitrogens is 2. The highest BCUT2D eigenvalue weighted by atomic mass is 16.5. The lowest BCUT2D eigenvalue weighted by molar-refractivity contribution is -0.121. The van der Waals surface area contributed by atoms with Crippen molar-refractivity contribution >= 4 is 5.91 Å². The fraction of sp³-hybridized carbons (Fsp3) is 0.375. The third kappa shape index (κ3) is 4.95. The molecule has 5 heteroatoms. The Bertz CT molecular complexity index is 552. The van der Waals surface area contributed by atoms with E-state index in [1.807, 2.05) is 24.3 Å². The lowest BCUT2D eigenvalue weighted by Crippen LogP contribution is -2.25. The number of carbonyl (C=O) groups is 1. The molecule has 1 aromatic carbocycles. The molecule has 2 rings (SSSR count). The number of nitrogens with zero attached hydrogens (tertiary/aromatic N) is 1. The minimum atomic E-state index is 0.0698. The molecule has 0 radical (unpaired) electrons. The SMILES string of the molecule is COc1ccccc1CCC(=O)NCCCc1ncc[nH]1. The van der Waals surface area contributed by atoms with Crippen LogP contribution in [0.2, 0.25) is 0 Å². The predicted octanol–water partition coefficient (Wildman–Crippen LogP) is 2.10. The first-order valence-electron chi connectivity index (χ1n) is 7.16.